The monoisotopic (exact) mass is 360 g/mol. The fourth-order valence-electron chi connectivity index (χ4n) is 4.13. The van der Waals surface area contributed by atoms with Gasteiger partial charge in [0.2, 0.25) is 0 Å². The molecule has 27 heavy (non-hydrogen) atoms. The van der Waals surface area contributed by atoms with Gasteiger partial charge in [-0.3, -0.25) is 0 Å². The Labute approximate surface area is 158 Å². The Morgan fingerprint density at radius 3 is 2.78 bits per heavy atom. The van der Waals surface area contributed by atoms with Crippen LogP contribution in [0.25, 0.3) is 33.3 Å². The number of aromatic nitrogens is 6. The Morgan fingerprint density at radius 1 is 1.19 bits per heavy atom. The number of fused-ring (bicyclic) bond motifs is 2. The molecular weight excluding hydrogens is 336 g/mol. The molecule has 4 aromatic rings. The number of pyridine rings is 1. The first kappa shape index (κ1) is 16.4. The number of nitrogens with zero attached hydrogens (tertiary/aromatic N) is 5. The summed E-state index contributed by atoms with van der Waals surface area (Å²) in [6, 6.07) is 2.51. The van der Waals surface area contributed by atoms with Gasteiger partial charge in [0.15, 0.2) is 5.65 Å². The average molecular weight is 360 g/mol. The van der Waals surface area contributed by atoms with Crippen LogP contribution in [0.3, 0.4) is 0 Å². The predicted molar refractivity (Wildman–Crippen MR) is 107 cm³/mol. The van der Waals surface area contributed by atoms with Crippen molar-refractivity contribution in [2.75, 3.05) is 0 Å². The molecule has 0 aromatic carbocycles. The second-order valence-electron chi connectivity index (χ2n) is 7.94. The predicted octanol–water partition coefficient (Wildman–Crippen LogP) is 4.60. The molecule has 0 atom stereocenters. The summed E-state index contributed by atoms with van der Waals surface area (Å²) in [5.41, 5.74) is 4.92. The van der Waals surface area contributed by atoms with Crippen molar-refractivity contribution in [3.63, 3.8) is 0 Å². The van der Waals surface area contributed by atoms with Crippen LogP contribution in [0.2, 0.25) is 0 Å². The Balaban J connectivity index is 1.57. The highest BCUT2D eigenvalue weighted by atomic mass is 15.1. The molecule has 0 amide bonds. The Bertz CT molecular complexity index is 1130. The molecule has 0 unspecified atom stereocenters. The highest BCUT2D eigenvalue weighted by Crippen LogP contribution is 2.32. The van der Waals surface area contributed by atoms with Gasteiger partial charge in [-0.25, -0.2) is 19.9 Å². The summed E-state index contributed by atoms with van der Waals surface area (Å²) in [6.07, 6.45) is 10.8. The molecule has 138 valence electrons. The van der Waals surface area contributed by atoms with Crippen LogP contribution < -0.4 is 0 Å². The molecule has 1 aliphatic rings. The molecule has 0 bridgehead atoms. The van der Waals surface area contributed by atoms with E-state index in [0.29, 0.717) is 6.04 Å². The number of aromatic amines is 1. The smallest absolute Gasteiger partial charge is 0.177 e. The molecule has 6 nitrogen and oxygen atoms in total. The summed E-state index contributed by atoms with van der Waals surface area (Å²) in [7, 11) is 0. The highest BCUT2D eigenvalue weighted by Gasteiger charge is 2.20. The number of nitrogens with one attached hydrogen (secondary N) is 1. The van der Waals surface area contributed by atoms with E-state index in [1.165, 1.54) is 19.3 Å². The standard InChI is InChI=1S/C21H24N6/c1-12(2)27-13(3)25-21-18(27)8-15(9-23-21)16-10-24-20-17(16)11-22-19(26-20)7-14-5-4-6-14/h8-12,14H,4-7H2,1-3H3,(H,22,24,26). The average Bonchev–Trinajstić information content (AvgIpc) is 3.16. The fraction of sp³-hybridized carbons (Fsp3) is 0.429. The van der Waals surface area contributed by atoms with Crippen LogP contribution in [0.4, 0.5) is 0 Å². The maximum Gasteiger partial charge on any atom is 0.177 e. The Morgan fingerprint density at radius 2 is 2.04 bits per heavy atom. The van der Waals surface area contributed by atoms with Crippen LogP contribution in [0.15, 0.2) is 24.7 Å². The van der Waals surface area contributed by atoms with E-state index in [9.17, 15) is 0 Å². The van der Waals surface area contributed by atoms with Crippen molar-refractivity contribution in [1.29, 1.82) is 0 Å². The quantitative estimate of drug-likeness (QED) is 0.577. The number of aryl methyl sites for hydroxylation is 1. The van der Waals surface area contributed by atoms with Crippen LogP contribution in [-0.2, 0) is 6.42 Å². The molecular formula is C21H24N6. The van der Waals surface area contributed by atoms with Crippen molar-refractivity contribution in [2.24, 2.45) is 5.92 Å². The maximum absolute atomic E-state index is 4.75. The lowest BCUT2D eigenvalue weighted by molar-refractivity contribution is 0.309. The first-order valence-electron chi connectivity index (χ1n) is 9.78. The summed E-state index contributed by atoms with van der Waals surface area (Å²) in [6.45, 7) is 6.37. The molecule has 0 spiro atoms. The first-order valence-corrected chi connectivity index (χ1v) is 9.78. The summed E-state index contributed by atoms with van der Waals surface area (Å²) in [5, 5.41) is 1.04. The fourth-order valence-corrected chi connectivity index (χ4v) is 4.13. The third-order valence-corrected chi connectivity index (χ3v) is 5.73. The highest BCUT2D eigenvalue weighted by molar-refractivity contribution is 5.94. The largest absolute Gasteiger partial charge is 0.345 e. The van der Waals surface area contributed by atoms with Crippen LogP contribution in [0.5, 0.6) is 0 Å². The number of rotatable bonds is 4. The minimum Gasteiger partial charge on any atom is -0.345 e. The van der Waals surface area contributed by atoms with Gasteiger partial charge in [0, 0.05) is 47.6 Å². The maximum atomic E-state index is 4.75. The van der Waals surface area contributed by atoms with Crippen LogP contribution >= 0.6 is 0 Å². The van der Waals surface area contributed by atoms with E-state index in [4.69, 9.17) is 4.98 Å². The molecule has 1 N–H and O–H groups in total. The van der Waals surface area contributed by atoms with E-state index in [2.05, 4.69) is 44.4 Å². The SMILES string of the molecule is Cc1nc2ncc(-c3c[nH]c4nc(CC5CCC5)ncc34)cc2n1C(C)C. The van der Waals surface area contributed by atoms with E-state index in [0.717, 1.165) is 57.3 Å². The van der Waals surface area contributed by atoms with Crippen LogP contribution in [0.1, 0.15) is 50.8 Å². The zero-order valence-electron chi connectivity index (χ0n) is 16.0. The molecule has 0 saturated heterocycles. The molecule has 0 radical (unpaired) electrons. The molecule has 1 saturated carbocycles. The lowest BCUT2D eigenvalue weighted by Gasteiger charge is -2.24. The molecule has 1 fully saturated rings. The van der Waals surface area contributed by atoms with Crippen molar-refractivity contribution in [1.82, 2.24) is 29.5 Å². The van der Waals surface area contributed by atoms with Gasteiger partial charge in [-0.05, 0) is 32.8 Å². The number of imidazole rings is 1. The van der Waals surface area contributed by atoms with Gasteiger partial charge >= 0.3 is 0 Å². The van der Waals surface area contributed by atoms with Gasteiger partial charge in [0.05, 0.1) is 5.52 Å². The summed E-state index contributed by atoms with van der Waals surface area (Å²) in [5.74, 6) is 2.71. The van der Waals surface area contributed by atoms with Crippen molar-refractivity contribution in [3.05, 3.63) is 36.3 Å². The first-order chi connectivity index (χ1) is 13.1. The zero-order chi connectivity index (χ0) is 18.5. The second-order valence-corrected chi connectivity index (χ2v) is 7.94. The number of hydrogen-bond acceptors (Lipinski definition) is 4. The minimum atomic E-state index is 0.340. The van der Waals surface area contributed by atoms with Gasteiger partial charge in [-0.2, -0.15) is 0 Å². The third-order valence-electron chi connectivity index (χ3n) is 5.73. The van der Waals surface area contributed by atoms with E-state index < -0.39 is 0 Å². The summed E-state index contributed by atoms with van der Waals surface area (Å²) >= 11 is 0. The van der Waals surface area contributed by atoms with E-state index in [1.54, 1.807) is 0 Å². The van der Waals surface area contributed by atoms with Crippen molar-refractivity contribution >= 4 is 22.2 Å². The van der Waals surface area contributed by atoms with Gasteiger partial charge in [0.25, 0.3) is 0 Å². The van der Waals surface area contributed by atoms with E-state index in [-0.39, 0.29) is 0 Å². The Kier molecular flexibility index (Phi) is 3.74. The van der Waals surface area contributed by atoms with Gasteiger partial charge in [-0.15, -0.1) is 0 Å². The zero-order valence-corrected chi connectivity index (χ0v) is 16.0. The molecule has 5 rings (SSSR count). The van der Waals surface area contributed by atoms with Crippen molar-refractivity contribution in [3.8, 4) is 11.1 Å². The summed E-state index contributed by atoms with van der Waals surface area (Å²) < 4.78 is 2.23. The topological polar surface area (TPSA) is 72.3 Å². The molecule has 0 aliphatic heterocycles. The molecule has 6 heteroatoms. The lowest BCUT2D eigenvalue weighted by Crippen LogP contribution is -2.15. The van der Waals surface area contributed by atoms with Gasteiger partial charge in [0.1, 0.15) is 17.3 Å². The molecule has 4 aromatic heterocycles. The third kappa shape index (κ3) is 2.71. The second kappa shape index (κ2) is 6.15. The molecule has 4 heterocycles. The Hall–Kier alpha value is -2.76. The minimum absolute atomic E-state index is 0.340. The number of H-pyrrole nitrogens is 1. The van der Waals surface area contributed by atoms with E-state index >= 15 is 0 Å². The van der Waals surface area contributed by atoms with E-state index in [1.807, 2.05) is 25.5 Å². The van der Waals surface area contributed by atoms with Crippen LogP contribution in [-0.4, -0.2) is 29.5 Å². The van der Waals surface area contributed by atoms with Crippen molar-refractivity contribution in [2.45, 2.75) is 52.5 Å². The molecule has 1 aliphatic carbocycles. The summed E-state index contributed by atoms with van der Waals surface area (Å²) in [4.78, 5) is 21.9. The van der Waals surface area contributed by atoms with Crippen molar-refractivity contribution < 1.29 is 0 Å². The lowest BCUT2D eigenvalue weighted by atomic mass is 9.83. The van der Waals surface area contributed by atoms with Gasteiger partial charge < -0.3 is 9.55 Å². The van der Waals surface area contributed by atoms with Gasteiger partial charge in [-0.1, -0.05) is 19.3 Å². The normalized spacial score (nSPS) is 15.1. The van der Waals surface area contributed by atoms with Crippen LogP contribution in [0, 0.1) is 12.8 Å². The number of hydrogen-bond donors (Lipinski definition) is 1.